The van der Waals surface area contributed by atoms with Crippen molar-refractivity contribution >= 4 is 17.6 Å². The molecule has 0 aromatic heterocycles. The summed E-state index contributed by atoms with van der Waals surface area (Å²) in [6.45, 7) is 1.23. The number of hydrogen-bond donors (Lipinski definition) is 0. The van der Waals surface area contributed by atoms with Crippen LogP contribution in [0.5, 0.6) is 5.75 Å². The van der Waals surface area contributed by atoms with E-state index in [2.05, 4.69) is 4.74 Å². The van der Waals surface area contributed by atoms with Crippen molar-refractivity contribution in [3.05, 3.63) is 34.1 Å². The zero-order valence-corrected chi connectivity index (χ0v) is 10.1. The van der Waals surface area contributed by atoms with Gasteiger partial charge in [-0.25, -0.2) is 4.39 Å². The van der Waals surface area contributed by atoms with E-state index in [-0.39, 0.29) is 0 Å². The predicted octanol–water partition coefficient (Wildman–Crippen LogP) is 1.45. The first-order valence-corrected chi connectivity index (χ1v) is 5.10. The fourth-order valence-corrected chi connectivity index (χ4v) is 1.19. The minimum absolute atomic E-state index is 0.438. The second-order valence-electron chi connectivity index (χ2n) is 3.54. The topological polar surface area (TPSA) is 95.7 Å². The number of halogens is 1. The van der Waals surface area contributed by atoms with Crippen LogP contribution in [0.15, 0.2) is 18.2 Å². The van der Waals surface area contributed by atoms with Crippen LogP contribution >= 0.6 is 0 Å². The van der Waals surface area contributed by atoms with Crippen molar-refractivity contribution in [2.24, 2.45) is 5.92 Å². The van der Waals surface area contributed by atoms with Crippen molar-refractivity contribution in [1.82, 2.24) is 0 Å². The number of rotatable bonds is 4. The number of nitro benzene ring substituents is 1. The van der Waals surface area contributed by atoms with E-state index < -0.39 is 40.0 Å². The van der Waals surface area contributed by atoms with Crippen LogP contribution in [0.4, 0.5) is 10.1 Å². The molecule has 0 bridgehead atoms. The van der Waals surface area contributed by atoms with Gasteiger partial charge in [0.15, 0.2) is 5.92 Å². The molecule has 7 nitrogen and oxygen atoms in total. The molecule has 0 radical (unpaired) electrons. The molecule has 0 heterocycles. The van der Waals surface area contributed by atoms with Gasteiger partial charge in [-0.15, -0.1) is 0 Å². The predicted molar refractivity (Wildman–Crippen MR) is 59.9 cm³/mol. The van der Waals surface area contributed by atoms with Gasteiger partial charge >= 0.3 is 17.6 Å². The Morgan fingerprint density at radius 1 is 1.37 bits per heavy atom. The van der Waals surface area contributed by atoms with Crippen LogP contribution in [0, 0.1) is 21.8 Å². The Kier molecular flexibility index (Phi) is 4.51. The number of carbonyl (C=O) groups excluding carboxylic acids is 2. The number of nitro groups is 1. The monoisotopic (exact) mass is 271 g/mol. The molecular formula is C11H10FNO6. The number of carbonyl (C=O) groups is 2. The molecule has 8 heteroatoms. The Bertz CT molecular complexity index is 530. The SMILES string of the molecule is COC(=O)C(C)C(=O)Oc1ccc(F)cc1[N+](=O)[O-]. The van der Waals surface area contributed by atoms with Crippen molar-refractivity contribution in [2.75, 3.05) is 7.11 Å². The number of ether oxygens (including phenoxy) is 2. The molecule has 1 atom stereocenters. The van der Waals surface area contributed by atoms with E-state index in [1.54, 1.807) is 0 Å². The minimum Gasteiger partial charge on any atom is -0.468 e. The van der Waals surface area contributed by atoms with Gasteiger partial charge in [0.25, 0.3) is 0 Å². The van der Waals surface area contributed by atoms with Crippen LogP contribution in [0.1, 0.15) is 6.92 Å². The van der Waals surface area contributed by atoms with Crippen LogP contribution in [0.3, 0.4) is 0 Å². The molecular weight excluding hydrogens is 261 g/mol. The molecule has 1 unspecified atom stereocenters. The van der Waals surface area contributed by atoms with Crippen molar-refractivity contribution in [3.63, 3.8) is 0 Å². The van der Waals surface area contributed by atoms with Gasteiger partial charge in [0.1, 0.15) is 5.82 Å². The second-order valence-corrected chi connectivity index (χ2v) is 3.54. The summed E-state index contributed by atoms with van der Waals surface area (Å²) in [5, 5.41) is 10.7. The molecule has 102 valence electrons. The first-order valence-electron chi connectivity index (χ1n) is 5.10. The van der Waals surface area contributed by atoms with Crippen molar-refractivity contribution in [2.45, 2.75) is 6.92 Å². The van der Waals surface area contributed by atoms with Crippen molar-refractivity contribution < 1.29 is 28.4 Å². The highest BCUT2D eigenvalue weighted by Gasteiger charge is 2.27. The summed E-state index contributed by atoms with van der Waals surface area (Å²) in [6, 6.07) is 2.46. The van der Waals surface area contributed by atoms with Crippen LogP contribution in [-0.4, -0.2) is 24.0 Å². The highest BCUT2D eigenvalue weighted by atomic mass is 19.1. The molecule has 0 spiro atoms. The minimum atomic E-state index is -1.24. The van der Waals surface area contributed by atoms with Gasteiger partial charge in [0.2, 0.25) is 5.75 Å². The first kappa shape index (κ1) is 14.6. The van der Waals surface area contributed by atoms with Gasteiger partial charge in [-0.2, -0.15) is 0 Å². The fraction of sp³-hybridized carbons (Fsp3) is 0.273. The Morgan fingerprint density at radius 3 is 2.53 bits per heavy atom. The lowest BCUT2D eigenvalue weighted by molar-refractivity contribution is -0.385. The van der Waals surface area contributed by atoms with Crippen LogP contribution in [-0.2, 0) is 14.3 Å². The quantitative estimate of drug-likeness (QED) is 0.270. The summed E-state index contributed by atoms with van der Waals surface area (Å²) in [4.78, 5) is 32.4. The fourth-order valence-electron chi connectivity index (χ4n) is 1.19. The zero-order valence-electron chi connectivity index (χ0n) is 10.1. The summed E-state index contributed by atoms with van der Waals surface area (Å²) in [5.41, 5.74) is -0.703. The molecule has 1 rings (SSSR count). The average Bonchev–Trinajstić information content (AvgIpc) is 2.38. The van der Waals surface area contributed by atoms with Gasteiger partial charge in [-0.1, -0.05) is 0 Å². The molecule has 0 aliphatic heterocycles. The molecule has 1 aromatic carbocycles. The van der Waals surface area contributed by atoms with E-state index >= 15 is 0 Å². The van der Waals surface area contributed by atoms with E-state index in [9.17, 15) is 24.1 Å². The first-order chi connectivity index (χ1) is 8.86. The van der Waals surface area contributed by atoms with E-state index in [1.165, 1.54) is 6.92 Å². The number of hydrogen-bond acceptors (Lipinski definition) is 6. The second kappa shape index (κ2) is 5.89. The molecule has 0 saturated heterocycles. The average molecular weight is 271 g/mol. The maximum absolute atomic E-state index is 12.9. The van der Waals surface area contributed by atoms with Crippen LogP contribution in [0.2, 0.25) is 0 Å². The Labute approximate surface area is 107 Å². The number of benzene rings is 1. The molecule has 0 aliphatic rings. The van der Waals surface area contributed by atoms with Crippen LogP contribution in [0.25, 0.3) is 0 Å². The van der Waals surface area contributed by atoms with Gasteiger partial charge < -0.3 is 9.47 Å². The Morgan fingerprint density at radius 2 is 2.00 bits per heavy atom. The van der Waals surface area contributed by atoms with E-state index in [0.29, 0.717) is 6.07 Å². The largest absolute Gasteiger partial charge is 0.468 e. The van der Waals surface area contributed by atoms with E-state index in [1.807, 2.05) is 0 Å². The van der Waals surface area contributed by atoms with Crippen LogP contribution < -0.4 is 4.74 Å². The lowest BCUT2D eigenvalue weighted by atomic mass is 10.2. The van der Waals surface area contributed by atoms with Crippen molar-refractivity contribution in [1.29, 1.82) is 0 Å². The molecule has 0 amide bonds. The van der Waals surface area contributed by atoms with E-state index in [0.717, 1.165) is 19.2 Å². The molecule has 0 N–H and O–H groups in total. The highest BCUT2D eigenvalue weighted by molar-refractivity contribution is 5.95. The smallest absolute Gasteiger partial charge is 0.325 e. The third kappa shape index (κ3) is 3.47. The Balaban J connectivity index is 2.97. The normalized spacial score (nSPS) is 11.5. The molecule has 19 heavy (non-hydrogen) atoms. The molecule has 0 aliphatic carbocycles. The highest BCUT2D eigenvalue weighted by Crippen LogP contribution is 2.28. The van der Waals surface area contributed by atoms with Gasteiger partial charge in [0.05, 0.1) is 18.1 Å². The Hall–Kier alpha value is -2.51. The summed E-state index contributed by atoms with van der Waals surface area (Å²) in [5.74, 6) is -4.38. The lowest BCUT2D eigenvalue weighted by Gasteiger charge is -2.09. The summed E-state index contributed by atoms with van der Waals surface area (Å²) < 4.78 is 21.9. The van der Waals surface area contributed by atoms with Gasteiger partial charge in [-0.3, -0.25) is 19.7 Å². The third-order valence-corrected chi connectivity index (χ3v) is 2.24. The van der Waals surface area contributed by atoms with Gasteiger partial charge in [0, 0.05) is 0 Å². The number of nitrogens with zero attached hydrogens (tertiary/aromatic N) is 1. The summed E-state index contributed by atoms with van der Waals surface area (Å²) >= 11 is 0. The molecule has 1 aromatic rings. The van der Waals surface area contributed by atoms with Crippen molar-refractivity contribution in [3.8, 4) is 5.75 Å². The molecule has 0 saturated carbocycles. The standard InChI is InChI=1S/C11H10FNO6/c1-6(10(14)18-2)11(15)19-9-4-3-7(12)5-8(9)13(16)17/h3-6H,1-2H3. The number of methoxy groups -OCH3 is 1. The number of esters is 2. The summed E-state index contributed by atoms with van der Waals surface area (Å²) in [6.07, 6.45) is 0. The zero-order chi connectivity index (χ0) is 14.6. The summed E-state index contributed by atoms with van der Waals surface area (Å²) in [7, 11) is 1.09. The maximum Gasteiger partial charge on any atom is 0.325 e. The lowest BCUT2D eigenvalue weighted by Crippen LogP contribution is -2.26. The van der Waals surface area contributed by atoms with E-state index in [4.69, 9.17) is 4.74 Å². The maximum atomic E-state index is 12.9. The third-order valence-electron chi connectivity index (χ3n) is 2.24. The molecule has 0 fully saturated rings. The van der Waals surface area contributed by atoms with Gasteiger partial charge in [-0.05, 0) is 19.1 Å².